The second kappa shape index (κ2) is 11.8. The fraction of sp³-hybridized carbons (Fsp3) is 0.250. The molecule has 0 radical (unpaired) electrons. The van der Waals surface area contributed by atoms with Crippen molar-refractivity contribution in [2.45, 2.75) is 44.4 Å². The first-order chi connectivity index (χ1) is 19.8. The van der Waals surface area contributed by atoms with E-state index in [0.29, 0.717) is 11.1 Å². The smallest absolute Gasteiger partial charge is 0.356 e. The van der Waals surface area contributed by atoms with Gasteiger partial charge in [0, 0.05) is 6.42 Å². The largest absolute Gasteiger partial charge is 0.448 e. The molecule has 0 aromatic heterocycles. The summed E-state index contributed by atoms with van der Waals surface area (Å²) in [6.07, 6.45) is -3.36. The van der Waals surface area contributed by atoms with E-state index in [1.807, 2.05) is 66.7 Å². The minimum atomic E-state index is -1.85. The molecule has 2 heterocycles. The third-order valence-electron chi connectivity index (χ3n) is 7.19. The Hall–Kier alpha value is -4.11. The zero-order valence-electron chi connectivity index (χ0n) is 22.6. The number of ketones is 2. The molecule has 0 bridgehead atoms. The molecule has 5 rings (SSSR count). The Balaban J connectivity index is 1.47. The minimum Gasteiger partial charge on any atom is -0.448 e. The molecule has 1 N–H and O–H groups in total. The first-order valence-corrected chi connectivity index (χ1v) is 13.7. The van der Waals surface area contributed by atoms with E-state index in [4.69, 9.17) is 21.1 Å². The van der Waals surface area contributed by atoms with Crippen molar-refractivity contribution in [1.82, 2.24) is 10.2 Å². The van der Waals surface area contributed by atoms with E-state index in [1.54, 1.807) is 38.1 Å². The number of carbonyl (C=O) groups is 4. The highest BCUT2D eigenvalue weighted by Gasteiger charge is 2.73. The number of fused-ring (bicyclic) bond motifs is 1. The highest BCUT2D eigenvalue weighted by molar-refractivity contribution is 6.28. The van der Waals surface area contributed by atoms with Gasteiger partial charge in [0.1, 0.15) is 5.70 Å². The maximum absolute atomic E-state index is 13.9. The van der Waals surface area contributed by atoms with E-state index in [2.05, 4.69) is 5.32 Å². The van der Waals surface area contributed by atoms with Crippen molar-refractivity contribution in [3.05, 3.63) is 119 Å². The van der Waals surface area contributed by atoms with Gasteiger partial charge in [-0.1, -0.05) is 91.0 Å². The molecule has 3 aromatic carbocycles. The van der Waals surface area contributed by atoms with Crippen molar-refractivity contribution in [3.63, 3.8) is 0 Å². The average Bonchev–Trinajstić information content (AvgIpc) is 3.36. The predicted octanol–water partition coefficient (Wildman–Crippen LogP) is 4.09. The molecule has 0 aliphatic carbocycles. The summed E-state index contributed by atoms with van der Waals surface area (Å²) in [6, 6.07) is 27.5. The van der Waals surface area contributed by atoms with Gasteiger partial charge >= 0.3 is 5.97 Å². The molecule has 2 aliphatic rings. The van der Waals surface area contributed by atoms with Crippen LogP contribution in [0.15, 0.2) is 102 Å². The Morgan fingerprint density at radius 2 is 1.46 bits per heavy atom. The number of ether oxygens (including phenoxy) is 2. The topological polar surface area (TPSA) is 102 Å². The van der Waals surface area contributed by atoms with Crippen molar-refractivity contribution in [1.29, 1.82) is 0 Å². The standard InChI is InChI=1S/C32H29ClN2O6/c1-20(2)26(29(38)40-27(22-14-8-4-9-15-22)23-16-10-5-11-17-23)35-30(39)32(25(37)18-21-12-6-3-7-13-21)31(35)41-28(34-32)24(36)19-33/h3-17,27-28,31,34H,18-19H2,1-2H3. The molecule has 2 saturated heterocycles. The van der Waals surface area contributed by atoms with E-state index in [1.165, 1.54) is 0 Å². The van der Waals surface area contributed by atoms with E-state index in [0.717, 1.165) is 16.0 Å². The lowest BCUT2D eigenvalue weighted by atomic mass is 9.79. The molecule has 0 saturated carbocycles. The van der Waals surface area contributed by atoms with Gasteiger partial charge in [-0.3, -0.25) is 24.6 Å². The average molecular weight is 573 g/mol. The maximum atomic E-state index is 13.9. The number of halogens is 1. The summed E-state index contributed by atoms with van der Waals surface area (Å²) in [4.78, 5) is 55.0. The van der Waals surface area contributed by atoms with Crippen molar-refractivity contribution in [2.24, 2.45) is 0 Å². The zero-order chi connectivity index (χ0) is 29.1. The number of rotatable bonds is 10. The first-order valence-electron chi connectivity index (χ1n) is 13.2. The number of benzene rings is 3. The third-order valence-corrected chi connectivity index (χ3v) is 7.46. The van der Waals surface area contributed by atoms with Crippen molar-refractivity contribution >= 4 is 35.0 Å². The van der Waals surface area contributed by atoms with E-state index >= 15 is 0 Å². The van der Waals surface area contributed by atoms with Gasteiger partial charge in [0.25, 0.3) is 5.91 Å². The number of nitrogens with one attached hydrogen (secondary N) is 1. The number of alkyl halides is 1. The van der Waals surface area contributed by atoms with Crippen LogP contribution in [0.25, 0.3) is 0 Å². The summed E-state index contributed by atoms with van der Waals surface area (Å²) in [6.45, 7) is 3.33. The third kappa shape index (κ3) is 5.22. The van der Waals surface area contributed by atoms with E-state index in [-0.39, 0.29) is 18.0 Å². The molecule has 3 atom stereocenters. The van der Waals surface area contributed by atoms with Crippen molar-refractivity contribution < 1.29 is 28.7 Å². The zero-order valence-corrected chi connectivity index (χ0v) is 23.3. The van der Waals surface area contributed by atoms with Gasteiger partial charge in [0.05, 0.1) is 5.88 Å². The Kier molecular flexibility index (Phi) is 8.17. The van der Waals surface area contributed by atoms with Gasteiger partial charge < -0.3 is 9.47 Å². The molecular weight excluding hydrogens is 544 g/mol. The summed E-state index contributed by atoms with van der Waals surface area (Å²) < 4.78 is 12.0. The summed E-state index contributed by atoms with van der Waals surface area (Å²) in [5, 5.41) is 2.81. The van der Waals surface area contributed by atoms with Crippen LogP contribution >= 0.6 is 11.6 Å². The summed E-state index contributed by atoms with van der Waals surface area (Å²) in [7, 11) is 0. The van der Waals surface area contributed by atoms with Crippen molar-refractivity contribution in [2.75, 3.05) is 5.88 Å². The van der Waals surface area contributed by atoms with Crippen LogP contribution in [-0.2, 0) is 35.1 Å². The minimum absolute atomic E-state index is 0.0548. The van der Waals surface area contributed by atoms with Gasteiger partial charge in [-0.05, 0) is 36.1 Å². The number of carbonyl (C=O) groups excluding carboxylic acids is 4. The van der Waals surface area contributed by atoms with Crippen LogP contribution in [-0.4, -0.2) is 52.2 Å². The number of esters is 1. The number of Topliss-reactive ketones (excluding diaryl/α,β-unsaturated/α-hetero) is 2. The molecule has 9 heteroatoms. The van der Waals surface area contributed by atoms with E-state index in [9.17, 15) is 19.2 Å². The number of likely N-dealkylation sites (tertiary alicyclic amines) is 1. The lowest BCUT2D eigenvalue weighted by Gasteiger charge is -2.49. The van der Waals surface area contributed by atoms with Crippen molar-refractivity contribution in [3.8, 4) is 0 Å². The number of allylic oxidation sites excluding steroid dienone is 1. The normalized spacial score (nSPS) is 21.2. The Labute approximate surface area is 242 Å². The summed E-state index contributed by atoms with van der Waals surface area (Å²) >= 11 is 5.78. The number of hydrogen-bond donors (Lipinski definition) is 1. The second-order valence-corrected chi connectivity index (χ2v) is 10.4. The van der Waals surface area contributed by atoms with Gasteiger partial charge in [-0.25, -0.2) is 4.79 Å². The highest BCUT2D eigenvalue weighted by Crippen LogP contribution is 2.43. The molecule has 3 aromatic rings. The fourth-order valence-corrected chi connectivity index (χ4v) is 5.33. The molecule has 0 spiro atoms. The number of β-lactam (4-membered cyclic amide) rings is 1. The number of hydrogen-bond acceptors (Lipinski definition) is 7. The Morgan fingerprint density at radius 3 is 1.98 bits per heavy atom. The molecular formula is C32H29ClN2O6. The quantitative estimate of drug-likeness (QED) is 0.128. The molecule has 1 amide bonds. The van der Waals surface area contributed by atoms with Crippen LogP contribution in [0.4, 0.5) is 0 Å². The molecule has 8 nitrogen and oxygen atoms in total. The first kappa shape index (κ1) is 28.4. The maximum Gasteiger partial charge on any atom is 0.356 e. The fourth-order valence-electron chi connectivity index (χ4n) is 5.19. The lowest BCUT2D eigenvalue weighted by molar-refractivity contribution is -0.184. The summed E-state index contributed by atoms with van der Waals surface area (Å²) in [5.74, 6) is -2.86. The van der Waals surface area contributed by atoms with Gasteiger partial charge in [0.2, 0.25) is 5.54 Å². The van der Waals surface area contributed by atoms with Crippen LogP contribution in [0.2, 0.25) is 0 Å². The molecule has 2 fully saturated rings. The van der Waals surface area contributed by atoms with Crippen LogP contribution in [0.1, 0.15) is 36.6 Å². The number of amides is 1. The van der Waals surface area contributed by atoms with Gasteiger partial charge in [0.15, 0.2) is 30.1 Å². The lowest BCUT2D eigenvalue weighted by Crippen LogP contribution is -2.79. The number of nitrogens with zero attached hydrogens (tertiary/aromatic N) is 1. The Bertz CT molecular complexity index is 1450. The molecule has 3 unspecified atom stereocenters. The van der Waals surface area contributed by atoms with Gasteiger partial charge in [-0.2, -0.15) is 0 Å². The summed E-state index contributed by atoms with van der Waals surface area (Å²) in [5.41, 5.74) is 0.759. The van der Waals surface area contributed by atoms with Crippen LogP contribution in [0, 0.1) is 0 Å². The van der Waals surface area contributed by atoms with Crippen LogP contribution in [0.3, 0.4) is 0 Å². The molecule has 2 aliphatic heterocycles. The predicted molar refractivity (Wildman–Crippen MR) is 151 cm³/mol. The highest BCUT2D eigenvalue weighted by atomic mass is 35.5. The van der Waals surface area contributed by atoms with Crippen LogP contribution < -0.4 is 5.32 Å². The van der Waals surface area contributed by atoms with Gasteiger partial charge in [-0.15, -0.1) is 11.6 Å². The molecule has 41 heavy (non-hydrogen) atoms. The SMILES string of the molecule is CC(C)=C(C(=O)OC(c1ccccc1)c1ccccc1)N1C(=O)C2(C(=O)Cc3ccccc3)NC(C(=O)CCl)OC12. The monoisotopic (exact) mass is 572 g/mol. The Morgan fingerprint density at radius 1 is 0.927 bits per heavy atom. The van der Waals surface area contributed by atoms with E-state index < -0.39 is 47.5 Å². The second-order valence-electron chi connectivity index (χ2n) is 10.1. The van der Waals surface area contributed by atoms with Crippen LogP contribution in [0.5, 0.6) is 0 Å². The molecule has 210 valence electrons.